The minimum atomic E-state index is 0.573. The molecule has 0 heterocycles. The van der Waals surface area contributed by atoms with E-state index in [0.29, 0.717) is 12.2 Å². The zero-order chi connectivity index (χ0) is 12.6. The SMILES string of the molecule is [N-]=[N+]=Nc1ccccc1CNNc1ccccc1. The first-order valence-corrected chi connectivity index (χ1v) is 5.57. The van der Waals surface area contributed by atoms with Crippen LogP contribution in [0.1, 0.15) is 5.56 Å². The average molecular weight is 239 g/mol. The Morgan fingerprint density at radius 3 is 2.50 bits per heavy atom. The zero-order valence-electron chi connectivity index (χ0n) is 9.74. The third-order valence-electron chi connectivity index (χ3n) is 2.43. The van der Waals surface area contributed by atoms with E-state index in [-0.39, 0.29) is 0 Å². The van der Waals surface area contributed by atoms with Crippen molar-refractivity contribution >= 4 is 11.4 Å². The van der Waals surface area contributed by atoms with Crippen molar-refractivity contribution in [2.75, 3.05) is 5.43 Å². The van der Waals surface area contributed by atoms with Gasteiger partial charge in [-0.15, -0.1) is 0 Å². The van der Waals surface area contributed by atoms with Crippen molar-refractivity contribution < 1.29 is 0 Å². The molecule has 0 aliphatic rings. The van der Waals surface area contributed by atoms with E-state index in [9.17, 15) is 0 Å². The fourth-order valence-electron chi connectivity index (χ4n) is 1.57. The summed E-state index contributed by atoms with van der Waals surface area (Å²) in [5.74, 6) is 0. The number of benzene rings is 2. The second-order valence-corrected chi connectivity index (χ2v) is 3.66. The molecule has 2 N–H and O–H groups in total. The normalized spacial score (nSPS) is 9.56. The van der Waals surface area contributed by atoms with Crippen LogP contribution in [0.3, 0.4) is 0 Å². The highest BCUT2D eigenvalue weighted by molar-refractivity contribution is 5.46. The maximum atomic E-state index is 8.47. The minimum Gasteiger partial charge on any atom is -0.321 e. The molecule has 0 radical (unpaired) electrons. The van der Waals surface area contributed by atoms with Crippen LogP contribution in [-0.2, 0) is 6.54 Å². The third kappa shape index (κ3) is 3.25. The van der Waals surface area contributed by atoms with E-state index in [1.807, 2.05) is 48.5 Å². The van der Waals surface area contributed by atoms with Crippen LogP contribution >= 0.6 is 0 Å². The lowest BCUT2D eigenvalue weighted by atomic mass is 10.2. The van der Waals surface area contributed by atoms with Crippen LogP contribution in [0.25, 0.3) is 10.4 Å². The predicted octanol–water partition coefficient (Wildman–Crippen LogP) is 3.75. The number of hydrogen-bond donors (Lipinski definition) is 2. The lowest BCUT2D eigenvalue weighted by molar-refractivity contribution is 0.801. The summed E-state index contributed by atoms with van der Waals surface area (Å²) >= 11 is 0. The molecule has 0 atom stereocenters. The quantitative estimate of drug-likeness (QED) is 0.361. The molecule has 0 saturated carbocycles. The van der Waals surface area contributed by atoms with Crippen LogP contribution in [0, 0.1) is 0 Å². The van der Waals surface area contributed by atoms with Gasteiger partial charge < -0.3 is 5.43 Å². The number of anilines is 1. The standard InChI is InChI=1S/C13H13N5/c14-18-17-13-9-5-4-6-11(13)10-15-16-12-7-2-1-3-8-12/h1-9,15-16H,10H2. The van der Waals surface area contributed by atoms with E-state index >= 15 is 0 Å². The molecule has 2 aromatic carbocycles. The largest absolute Gasteiger partial charge is 0.321 e. The second kappa shape index (κ2) is 6.30. The number of hydrogen-bond acceptors (Lipinski definition) is 3. The Labute approximate surface area is 105 Å². The van der Waals surface area contributed by atoms with Gasteiger partial charge in [0.25, 0.3) is 0 Å². The number of para-hydroxylation sites is 1. The summed E-state index contributed by atoms with van der Waals surface area (Å²) in [4.78, 5) is 2.81. The molecule has 0 amide bonds. The molecule has 0 spiro atoms. The monoisotopic (exact) mass is 239 g/mol. The van der Waals surface area contributed by atoms with Gasteiger partial charge in [0.15, 0.2) is 0 Å². The average Bonchev–Trinajstić information content (AvgIpc) is 2.42. The lowest BCUT2D eigenvalue weighted by Crippen LogP contribution is -2.20. The topological polar surface area (TPSA) is 72.8 Å². The molecular weight excluding hydrogens is 226 g/mol. The summed E-state index contributed by atoms with van der Waals surface area (Å²) in [6.45, 7) is 0.573. The number of azide groups is 1. The highest BCUT2D eigenvalue weighted by Gasteiger charge is 1.98. The van der Waals surface area contributed by atoms with Crippen LogP contribution in [-0.4, -0.2) is 0 Å². The molecule has 5 heteroatoms. The fraction of sp³-hybridized carbons (Fsp3) is 0.0769. The third-order valence-corrected chi connectivity index (χ3v) is 2.43. The lowest BCUT2D eigenvalue weighted by Gasteiger charge is -2.09. The number of hydrazine groups is 1. The molecule has 0 bridgehead atoms. The van der Waals surface area contributed by atoms with Crippen molar-refractivity contribution in [3.63, 3.8) is 0 Å². The van der Waals surface area contributed by atoms with Crippen molar-refractivity contribution in [2.24, 2.45) is 5.11 Å². The van der Waals surface area contributed by atoms with Crippen molar-refractivity contribution in [3.8, 4) is 0 Å². The Kier molecular flexibility index (Phi) is 4.19. The van der Waals surface area contributed by atoms with E-state index in [2.05, 4.69) is 20.9 Å². The molecule has 18 heavy (non-hydrogen) atoms. The maximum Gasteiger partial charge on any atom is 0.0487 e. The summed E-state index contributed by atoms with van der Waals surface area (Å²) in [5.41, 5.74) is 17.2. The van der Waals surface area contributed by atoms with Crippen LogP contribution < -0.4 is 10.9 Å². The Hall–Kier alpha value is -2.49. The van der Waals surface area contributed by atoms with E-state index in [1.54, 1.807) is 6.07 Å². The Morgan fingerprint density at radius 1 is 1.00 bits per heavy atom. The van der Waals surface area contributed by atoms with Crippen molar-refractivity contribution in [1.29, 1.82) is 0 Å². The highest BCUT2D eigenvalue weighted by Crippen LogP contribution is 2.18. The Morgan fingerprint density at radius 2 is 1.72 bits per heavy atom. The van der Waals surface area contributed by atoms with Gasteiger partial charge in [0.2, 0.25) is 0 Å². The molecule has 90 valence electrons. The van der Waals surface area contributed by atoms with E-state index in [1.165, 1.54) is 0 Å². The maximum absolute atomic E-state index is 8.47. The smallest absolute Gasteiger partial charge is 0.0487 e. The van der Waals surface area contributed by atoms with Crippen molar-refractivity contribution in [3.05, 3.63) is 70.6 Å². The minimum absolute atomic E-state index is 0.573. The fourth-order valence-corrected chi connectivity index (χ4v) is 1.57. The molecule has 2 aromatic rings. The number of nitrogens with zero attached hydrogens (tertiary/aromatic N) is 3. The zero-order valence-corrected chi connectivity index (χ0v) is 9.74. The predicted molar refractivity (Wildman–Crippen MR) is 72.2 cm³/mol. The first kappa shape index (κ1) is 12.0. The van der Waals surface area contributed by atoms with Crippen molar-refractivity contribution in [2.45, 2.75) is 6.54 Å². The second-order valence-electron chi connectivity index (χ2n) is 3.66. The molecular formula is C13H13N5. The van der Waals surface area contributed by atoms with Gasteiger partial charge in [-0.1, -0.05) is 47.6 Å². The van der Waals surface area contributed by atoms with Crippen LogP contribution in [0.2, 0.25) is 0 Å². The Bertz CT molecular complexity index is 546. The number of nitrogens with one attached hydrogen (secondary N) is 2. The molecule has 0 aromatic heterocycles. The van der Waals surface area contributed by atoms with Gasteiger partial charge >= 0.3 is 0 Å². The van der Waals surface area contributed by atoms with Gasteiger partial charge in [0, 0.05) is 22.8 Å². The summed E-state index contributed by atoms with van der Waals surface area (Å²) in [5, 5.41) is 3.65. The van der Waals surface area contributed by atoms with Crippen LogP contribution in [0.5, 0.6) is 0 Å². The van der Waals surface area contributed by atoms with Gasteiger partial charge in [0.05, 0.1) is 0 Å². The van der Waals surface area contributed by atoms with E-state index < -0.39 is 0 Å². The van der Waals surface area contributed by atoms with Crippen LogP contribution in [0.4, 0.5) is 11.4 Å². The van der Waals surface area contributed by atoms with Gasteiger partial charge in [-0.25, -0.2) is 5.43 Å². The summed E-state index contributed by atoms with van der Waals surface area (Å²) in [7, 11) is 0. The molecule has 0 saturated heterocycles. The van der Waals surface area contributed by atoms with Gasteiger partial charge in [-0.3, -0.25) is 0 Å². The summed E-state index contributed by atoms with van der Waals surface area (Å²) < 4.78 is 0. The van der Waals surface area contributed by atoms with E-state index in [0.717, 1.165) is 11.3 Å². The first-order valence-electron chi connectivity index (χ1n) is 5.57. The van der Waals surface area contributed by atoms with Gasteiger partial charge in [0.1, 0.15) is 0 Å². The molecule has 0 aliphatic carbocycles. The summed E-state index contributed by atoms with van der Waals surface area (Å²) in [6, 6.07) is 17.3. The first-order chi connectivity index (χ1) is 8.90. The number of rotatable bonds is 5. The molecule has 0 unspecified atom stereocenters. The van der Waals surface area contributed by atoms with Crippen molar-refractivity contribution in [1.82, 2.24) is 5.43 Å². The molecule has 0 fully saturated rings. The van der Waals surface area contributed by atoms with E-state index in [4.69, 9.17) is 5.53 Å². The molecule has 0 aliphatic heterocycles. The van der Waals surface area contributed by atoms with Gasteiger partial charge in [-0.05, 0) is 23.2 Å². The Balaban J connectivity index is 1.96. The summed E-state index contributed by atoms with van der Waals surface area (Å²) in [6.07, 6.45) is 0. The molecule has 5 nitrogen and oxygen atoms in total. The van der Waals surface area contributed by atoms with Gasteiger partial charge in [-0.2, -0.15) is 0 Å². The highest BCUT2D eigenvalue weighted by atomic mass is 15.3. The molecule has 2 rings (SSSR count). The van der Waals surface area contributed by atoms with Crippen LogP contribution in [0.15, 0.2) is 59.7 Å².